The fourth-order valence-corrected chi connectivity index (χ4v) is 18.0. The summed E-state index contributed by atoms with van der Waals surface area (Å²) in [6.07, 6.45) is 24.3. The maximum atomic E-state index is 12.4. The highest BCUT2D eigenvalue weighted by molar-refractivity contribution is 7.80. The van der Waals surface area contributed by atoms with Crippen molar-refractivity contribution in [3.63, 3.8) is 0 Å². The van der Waals surface area contributed by atoms with Crippen molar-refractivity contribution < 1.29 is 84.2 Å². The van der Waals surface area contributed by atoms with Crippen LogP contribution >= 0.6 is 12.4 Å². The Hall–Kier alpha value is -4.35. The third-order valence-electron chi connectivity index (χ3n) is 22.3. The Balaban J connectivity index is 0.000000136. The molecular weight excluding hydrogens is 1230 g/mol. The Labute approximate surface area is 542 Å². The van der Waals surface area contributed by atoms with Crippen molar-refractivity contribution in [2.24, 2.45) is 17.8 Å². The predicted octanol–water partition coefficient (Wildman–Crippen LogP) is 5.10. The average Bonchev–Trinajstić information content (AvgIpc) is 1.59. The van der Waals surface area contributed by atoms with Gasteiger partial charge >= 0.3 is 32.7 Å². The summed E-state index contributed by atoms with van der Waals surface area (Å²) in [5.74, 6) is 1.56. The SMILES string of the molecule is C1CCN2C[C@H]3C[C@H](CN4CCCC[C@@H]34)[C@H]2C1.CN1C2CCC1CC(OC(=O)C(CO)c1ccccc1)C2.CN1C2CCC1CC(OC(=O)C(CO)c1ccccc1)C2.C[NH+]1CC[C@]23c4c5ccc(O)c4O[C@H]2[C@@H](O)C=C[C@H]3[C@H]1C5.Cl.O=S(=O)(O)O.O=S(=O)(O)O. The summed E-state index contributed by atoms with van der Waals surface area (Å²) in [5.41, 5.74) is 3.99. The van der Waals surface area contributed by atoms with Crippen molar-refractivity contribution in [2.75, 3.05) is 67.1 Å². The number of benzene rings is 3. The van der Waals surface area contributed by atoms with Gasteiger partial charge in [-0.2, -0.15) is 16.8 Å². The maximum absolute atomic E-state index is 12.4. The van der Waals surface area contributed by atoms with E-state index < -0.39 is 38.7 Å². The van der Waals surface area contributed by atoms with Gasteiger partial charge in [0.1, 0.15) is 36.3 Å². The van der Waals surface area contributed by atoms with Crippen molar-refractivity contribution in [1.82, 2.24) is 19.6 Å². The molecule has 25 heteroatoms. The molecule has 15 rings (SSSR count). The fourth-order valence-electron chi connectivity index (χ4n) is 18.0. The number of aliphatic hydroxyl groups is 3. The van der Waals surface area contributed by atoms with Crippen LogP contribution in [0.25, 0.3) is 0 Å². The number of piperidine rings is 7. The van der Waals surface area contributed by atoms with Gasteiger partial charge in [0.15, 0.2) is 11.5 Å². The van der Waals surface area contributed by atoms with Crippen molar-refractivity contribution >= 4 is 45.1 Å². The maximum Gasteiger partial charge on any atom is 0.394 e. The molecule has 9 saturated heterocycles. The first-order valence-corrected chi connectivity index (χ1v) is 35.5. The van der Waals surface area contributed by atoms with E-state index in [1.165, 1.54) is 102 Å². The van der Waals surface area contributed by atoms with Crippen LogP contribution in [0.3, 0.4) is 0 Å². The molecule has 1 spiro atoms. The second-order valence-corrected chi connectivity index (χ2v) is 29.1. The zero-order chi connectivity index (χ0) is 64.2. The van der Waals surface area contributed by atoms with E-state index in [0.29, 0.717) is 41.9 Å². The van der Waals surface area contributed by atoms with Gasteiger partial charge in [0.2, 0.25) is 0 Å². The number of fused-ring (bicyclic) bond motifs is 10. The zero-order valence-corrected chi connectivity index (χ0v) is 55.0. The van der Waals surface area contributed by atoms with Crippen molar-refractivity contribution in [3.8, 4) is 11.5 Å². The van der Waals surface area contributed by atoms with Crippen LogP contribution in [-0.4, -0.2) is 221 Å². The molecule has 9 fully saturated rings. The molecule has 0 saturated carbocycles. The monoisotopic (exact) mass is 1330 g/mol. The number of likely N-dealkylation sites (tertiary alicyclic amines) is 1. The molecule has 22 nitrogen and oxygen atoms in total. The van der Waals surface area contributed by atoms with Gasteiger partial charge in [-0.15, -0.1) is 12.4 Å². The van der Waals surface area contributed by atoms with E-state index in [0.717, 1.165) is 80.1 Å². The van der Waals surface area contributed by atoms with E-state index >= 15 is 0 Å². The third kappa shape index (κ3) is 16.7. The second-order valence-electron chi connectivity index (χ2n) is 27.3. The molecular formula is C66H97ClN5O17S2+. The minimum Gasteiger partial charge on any atom is -0.504 e. The van der Waals surface area contributed by atoms with Crippen LogP contribution in [0.5, 0.6) is 11.5 Å². The highest BCUT2D eigenvalue weighted by Gasteiger charge is 2.66. The number of likely N-dealkylation sites (N-methyl/N-ethyl adjacent to an activating group) is 1. The van der Waals surface area contributed by atoms with Crippen LogP contribution in [-0.2, 0) is 51.7 Å². The van der Waals surface area contributed by atoms with Crippen LogP contribution in [0.1, 0.15) is 137 Å². The van der Waals surface area contributed by atoms with E-state index in [1.54, 1.807) is 17.4 Å². The number of hydrogen-bond donors (Lipinski definition) is 9. The molecule has 0 aromatic heterocycles. The third-order valence-corrected chi connectivity index (χ3v) is 22.3. The first-order valence-electron chi connectivity index (χ1n) is 32.7. The molecule has 2 aliphatic carbocycles. The Kier molecular flexibility index (Phi) is 23.9. The predicted molar refractivity (Wildman–Crippen MR) is 342 cm³/mol. The quantitative estimate of drug-likeness (QED) is 0.0804. The van der Waals surface area contributed by atoms with Crippen LogP contribution in [0.15, 0.2) is 84.9 Å². The molecule has 91 heavy (non-hydrogen) atoms. The largest absolute Gasteiger partial charge is 0.504 e. The number of rotatable bonds is 8. The van der Waals surface area contributed by atoms with Crippen LogP contribution in [0.2, 0.25) is 0 Å². The van der Waals surface area contributed by atoms with Crippen LogP contribution < -0.4 is 9.64 Å². The van der Waals surface area contributed by atoms with Gasteiger partial charge in [-0.3, -0.25) is 37.6 Å². The molecule has 8 bridgehead atoms. The Morgan fingerprint density at radius 1 is 0.648 bits per heavy atom. The van der Waals surface area contributed by atoms with Gasteiger partial charge in [-0.1, -0.05) is 91.7 Å². The molecule has 10 aliphatic heterocycles. The number of halogens is 1. The molecule has 3 aromatic rings. The molecule has 0 amide bonds. The van der Waals surface area contributed by atoms with Gasteiger partial charge in [0.05, 0.1) is 38.3 Å². The number of carbonyl (C=O) groups is 2. The van der Waals surface area contributed by atoms with Gasteiger partial charge in [0, 0.05) is 73.7 Å². The summed E-state index contributed by atoms with van der Waals surface area (Å²) in [6.45, 7) is 6.36. The number of carbonyl (C=O) groups excluding carboxylic acids is 2. The van der Waals surface area contributed by atoms with Crippen LogP contribution in [0.4, 0.5) is 0 Å². The van der Waals surface area contributed by atoms with E-state index in [9.17, 15) is 30.0 Å². The minimum absolute atomic E-state index is 0. The highest BCUT2D eigenvalue weighted by atomic mass is 35.5. The Morgan fingerprint density at radius 2 is 1.09 bits per heavy atom. The lowest BCUT2D eigenvalue weighted by molar-refractivity contribution is -0.917. The van der Waals surface area contributed by atoms with Crippen molar-refractivity contribution in [3.05, 3.63) is 107 Å². The summed E-state index contributed by atoms with van der Waals surface area (Å²) in [4.78, 5) is 36.9. The lowest BCUT2D eigenvalue weighted by Gasteiger charge is -2.57. The fraction of sp³-hybridized carbons (Fsp3) is 0.667. The molecule has 16 atom stereocenters. The average molecular weight is 1330 g/mol. The normalized spacial score (nSPS) is 34.4. The summed E-state index contributed by atoms with van der Waals surface area (Å²) in [6, 6.07) is 27.2. The number of aromatic hydroxyl groups is 1. The second kappa shape index (κ2) is 30.6. The Morgan fingerprint density at radius 3 is 1.52 bits per heavy atom. The number of hydrogen-bond acceptors (Lipinski definition) is 17. The number of nitrogens with zero attached hydrogens (tertiary/aromatic N) is 4. The topological polar surface area (TPSA) is 309 Å². The van der Waals surface area contributed by atoms with Gasteiger partial charge in [0.25, 0.3) is 0 Å². The standard InChI is InChI=1S/C17H19NO3.2C17H23NO3.C15H26N2.ClH.2H2O4S/c1-18-7-6-17-10-3-5-13(20)16(17)21-15-12(19)4-2-9(14(15)17)8-11(10)18;2*1-18-13-7-8-14(18)10-15(9-13)21-17(20)16(11-19)12-5-3-2-4-6-12;1-3-7-16-11-13-9-12(14(16)5-1)10-17-8-4-2-6-15(13)17;;2*1-5(2,3)4/h2-5,10-11,13,16,19-20H,6-8H2,1H3;2*2-6,13-16,19H,7-11H2,1H3;12-15H,1-11H2;1H;2*(H2,1,2,3,4)/p+1/t10-,11+,13-,16-,17-;;;12-,13-,14-,15+;;;/m0..1.../s1. The highest BCUT2D eigenvalue weighted by Crippen LogP contribution is 2.60. The van der Waals surface area contributed by atoms with E-state index in [-0.39, 0.29) is 67.0 Å². The first-order chi connectivity index (χ1) is 42.9. The zero-order valence-electron chi connectivity index (χ0n) is 52.6. The molecule has 10 heterocycles. The van der Waals surface area contributed by atoms with E-state index in [4.69, 9.17) is 49.3 Å². The lowest BCUT2D eigenvalue weighted by atomic mass is 9.53. The van der Waals surface area contributed by atoms with E-state index in [2.05, 4.69) is 46.8 Å². The minimum atomic E-state index is -4.67. The van der Waals surface area contributed by atoms with Crippen LogP contribution in [0, 0.1) is 17.8 Å². The summed E-state index contributed by atoms with van der Waals surface area (Å²) in [5, 5.41) is 39.7. The van der Waals surface area contributed by atoms with Crippen molar-refractivity contribution in [1.29, 1.82) is 0 Å². The number of nitrogens with one attached hydrogen (secondary N) is 1. The smallest absolute Gasteiger partial charge is 0.394 e. The lowest BCUT2D eigenvalue weighted by Crippen LogP contribution is -3.16. The summed E-state index contributed by atoms with van der Waals surface area (Å²) in [7, 11) is -2.73. The number of phenols is 1. The molecule has 7 unspecified atom stereocenters. The Bertz CT molecular complexity index is 2980. The number of aliphatic hydroxyl groups excluding tert-OH is 3. The van der Waals surface area contributed by atoms with Crippen molar-refractivity contribution in [2.45, 2.75) is 193 Å². The van der Waals surface area contributed by atoms with Gasteiger partial charge < -0.3 is 49.3 Å². The molecule has 3 aromatic carbocycles. The molecule has 0 radical (unpaired) electrons. The molecule has 9 N–H and O–H groups in total. The van der Waals surface area contributed by atoms with Gasteiger partial charge in [-0.25, -0.2) is 0 Å². The van der Waals surface area contributed by atoms with Gasteiger partial charge in [-0.05, 0) is 145 Å². The summed E-state index contributed by atoms with van der Waals surface area (Å²) >= 11 is 0. The molecule has 506 valence electrons. The summed E-state index contributed by atoms with van der Waals surface area (Å²) < 4.78 is 80.7. The number of esters is 2. The van der Waals surface area contributed by atoms with E-state index in [1.807, 2.05) is 72.8 Å². The number of ether oxygens (including phenoxy) is 3. The number of phenolic OH excluding ortho intramolecular Hbond substituents is 1. The first kappa shape index (κ1) is 71.0. The molecule has 12 aliphatic rings. The number of quaternary nitrogens is 1.